The maximum Gasteiger partial charge on any atom is 0.268 e. The van der Waals surface area contributed by atoms with Crippen molar-refractivity contribution < 1.29 is 14.3 Å². The van der Waals surface area contributed by atoms with Gasteiger partial charge in [-0.3, -0.25) is 9.59 Å². The number of rotatable bonds is 4. The van der Waals surface area contributed by atoms with E-state index in [4.69, 9.17) is 4.74 Å². The molecule has 2 heterocycles. The molecule has 6 nitrogen and oxygen atoms in total. The lowest BCUT2D eigenvalue weighted by atomic mass is 10.0. The fraction of sp³-hybridized carbons (Fsp3) is 0.192. The molecule has 0 aromatic heterocycles. The van der Waals surface area contributed by atoms with Crippen LogP contribution in [0.1, 0.15) is 27.0 Å². The van der Waals surface area contributed by atoms with E-state index in [1.54, 1.807) is 53.3 Å². The normalized spacial score (nSPS) is 19.0. The van der Waals surface area contributed by atoms with E-state index in [1.807, 2.05) is 36.4 Å². The van der Waals surface area contributed by atoms with Crippen molar-refractivity contribution >= 4 is 29.3 Å². The molecule has 1 saturated heterocycles. The minimum Gasteiger partial charge on any atom is -0.497 e. The number of carbonyl (C=O) groups excluding carboxylic acids is 2. The van der Waals surface area contributed by atoms with Crippen molar-refractivity contribution in [2.45, 2.75) is 11.4 Å². The number of hydrogen-bond acceptors (Lipinski definition) is 5. The van der Waals surface area contributed by atoms with Gasteiger partial charge in [0.25, 0.3) is 11.8 Å². The number of benzene rings is 3. The fourth-order valence-corrected chi connectivity index (χ4v) is 6.02. The average molecular weight is 456 g/mol. The lowest BCUT2D eigenvalue weighted by Crippen LogP contribution is -2.50. The predicted molar refractivity (Wildman–Crippen MR) is 127 cm³/mol. The third kappa shape index (κ3) is 3.35. The Balaban J connectivity index is 1.56. The molecule has 0 unspecified atom stereocenters. The zero-order valence-corrected chi connectivity index (χ0v) is 18.8. The van der Waals surface area contributed by atoms with Gasteiger partial charge in [-0.05, 0) is 42.0 Å². The van der Waals surface area contributed by atoms with Gasteiger partial charge in [0, 0.05) is 23.4 Å². The minimum atomic E-state index is -1.11. The van der Waals surface area contributed by atoms with E-state index in [-0.39, 0.29) is 11.8 Å². The number of hydrogen-bond donors (Lipinski definition) is 0. The first-order valence-corrected chi connectivity index (χ1v) is 11.6. The Morgan fingerprint density at radius 1 is 1.12 bits per heavy atom. The fourth-order valence-electron chi connectivity index (χ4n) is 4.56. The standard InChI is InChI=1S/C26H21N3O3S/c1-32-21-9-5-8-20(15-21)24(30)29-12-13-33-26(29)22-10-2-3-11-23(22)28(25(26)31)17-19-7-4-6-18(14-19)16-27/h2-11,14-15H,12-13,17H2,1H3/t26-/m0/s1. The van der Waals surface area contributed by atoms with E-state index in [1.165, 1.54) is 11.8 Å². The van der Waals surface area contributed by atoms with E-state index in [0.29, 0.717) is 35.7 Å². The zero-order chi connectivity index (χ0) is 23.0. The number of anilines is 1. The van der Waals surface area contributed by atoms with Crippen molar-refractivity contribution in [2.75, 3.05) is 24.3 Å². The van der Waals surface area contributed by atoms with Gasteiger partial charge in [0.05, 0.1) is 31.0 Å². The molecule has 0 aliphatic carbocycles. The van der Waals surface area contributed by atoms with Crippen LogP contribution in [0.3, 0.4) is 0 Å². The van der Waals surface area contributed by atoms with Crippen LogP contribution in [-0.2, 0) is 16.2 Å². The van der Waals surface area contributed by atoms with Gasteiger partial charge in [-0.25, -0.2) is 0 Å². The number of methoxy groups -OCH3 is 1. The topological polar surface area (TPSA) is 73.6 Å². The lowest BCUT2D eigenvalue weighted by molar-refractivity contribution is -0.123. The van der Waals surface area contributed by atoms with Crippen molar-refractivity contribution in [3.8, 4) is 11.8 Å². The summed E-state index contributed by atoms with van der Waals surface area (Å²) in [6, 6.07) is 24.1. The van der Waals surface area contributed by atoms with Gasteiger partial charge >= 0.3 is 0 Å². The summed E-state index contributed by atoms with van der Waals surface area (Å²) in [6.07, 6.45) is 0. The number of para-hydroxylation sites is 1. The number of ether oxygens (including phenoxy) is 1. The quantitative estimate of drug-likeness (QED) is 0.591. The van der Waals surface area contributed by atoms with Gasteiger partial charge in [0.2, 0.25) is 0 Å². The molecule has 2 aliphatic rings. The van der Waals surface area contributed by atoms with E-state index >= 15 is 0 Å². The minimum absolute atomic E-state index is 0.134. The number of nitriles is 1. The lowest BCUT2D eigenvalue weighted by Gasteiger charge is -2.33. The maximum atomic E-state index is 14.0. The maximum absolute atomic E-state index is 14.0. The highest BCUT2D eigenvalue weighted by atomic mass is 32.2. The van der Waals surface area contributed by atoms with Crippen molar-refractivity contribution in [3.05, 3.63) is 95.1 Å². The number of carbonyl (C=O) groups is 2. The highest BCUT2D eigenvalue weighted by Gasteiger charge is 2.59. The van der Waals surface area contributed by atoms with Crippen LogP contribution in [0.25, 0.3) is 0 Å². The second kappa shape index (κ2) is 8.30. The number of nitrogens with zero attached hydrogens (tertiary/aromatic N) is 3. The molecule has 0 N–H and O–H groups in total. The Kier molecular flexibility index (Phi) is 5.31. The second-order valence-electron chi connectivity index (χ2n) is 7.90. The molecular formula is C26H21N3O3S. The van der Waals surface area contributed by atoms with Gasteiger partial charge in [0.15, 0.2) is 4.87 Å². The van der Waals surface area contributed by atoms with Crippen LogP contribution in [0.15, 0.2) is 72.8 Å². The Morgan fingerprint density at radius 3 is 2.76 bits per heavy atom. The predicted octanol–water partition coefficient (Wildman–Crippen LogP) is 4.16. The smallest absolute Gasteiger partial charge is 0.268 e. The molecule has 1 atom stereocenters. The molecule has 2 amide bonds. The van der Waals surface area contributed by atoms with Crippen LogP contribution in [0.2, 0.25) is 0 Å². The first-order valence-electron chi connectivity index (χ1n) is 10.6. The van der Waals surface area contributed by atoms with Crippen molar-refractivity contribution in [3.63, 3.8) is 0 Å². The van der Waals surface area contributed by atoms with E-state index in [0.717, 1.165) is 16.8 Å². The second-order valence-corrected chi connectivity index (χ2v) is 9.19. The van der Waals surface area contributed by atoms with Crippen molar-refractivity contribution in [1.29, 1.82) is 5.26 Å². The molecule has 3 aromatic rings. The summed E-state index contributed by atoms with van der Waals surface area (Å²) in [5.41, 5.74) is 3.52. The first-order chi connectivity index (χ1) is 16.1. The van der Waals surface area contributed by atoms with E-state index in [9.17, 15) is 14.9 Å². The van der Waals surface area contributed by atoms with Crippen molar-refractivity contribution in [2.24, 2.45) is 0 Å². The molecule has 164 valence electrons. The van der Waals surface area contributed by atoms with Crippen molar-refractivity contribution in [1.82, 2.24) is 4.90 Å². The summed E-state index contributed by atoms with van der Waals surface area (Å²) in [7, 11) is 1.56. The van der Waals surface area contributed by atoms with Crippen LogP contribution >= 0.6 is 11.8 Å². The highest BCUT2D eigenvalue weighted by molar-refractivity contribution is 8.01. The summed E-state index contributed by atoms with van der Waals surface area (Å²) in [5.74, 6) is 0.923. The van der Waals surface area contributed by atoms with Gasteiger partial charge in [-0.2, -0.15) is 5.26 Å². The average Bonchev–Trinajstić information content (AvgIpc) is 3.41. The van der Waals surface area contributed by atoms with Gasteiger partial charge in [-0.15, -0.1) is 11.8 Å². The Morgan fingerprint density at radius 2 is 1.94 bits per heavy atom. The van der Waals surface area contributed by atoms with Crippen LogP contribution in [-0.4, -0.2) is 36.1 Å². The van der Waals surface area contributed by atoms with E-state index in [2.05, 4.69) is 6.07 Å². The third-order valence-electron chi connectivity index (χ3n) is 6.06. The number of amides is 2. The summed E-state index contributed by atoms with van der Waals surface area (Å²) >= 11 is 1.50. The van der Waals surface area contributed by atoms with Gasteiger partial charge in [-0.1, -0.05) is 36.4 Å². The molecule has 3 aromatic carbocycles. The number of thioether (sulfide) groups is 1. The molecular weight excluding hydrogens is 434 g/mol. The zero-order valence-electron chi connectivity index (χ0n) is 18.0. The molecule has 7 heteroatoms. The summed E-state index contributed by atoms with van der Waals surface area (Å²) < 4.78 is 5.29. The monoisotopic (exact) mass is 455 g/mol. The van der Waals surface area contributed by atoms with Crippen LogP contribution in [0.5, 0.6) is 5.75 Å². The third-order valence-corrected chi connectivity index (χ3v) is 7.48. The van der Waals surface area contributed by atoms with Gasteiger partial charge in [0.1, 0.15) is 5.75 Å². The Labute approximate surface area is 196 Å². The summed E-state index contributed by atoms with van der Waals surface area (Å²) in [6.45, 7) is 0.799. The largest absolute Gasteiger partial charge is 0.497 e. The Bertz CT molecular complexity index is 1300. The molecule has 0 radical (unpaired) electrons. The highest BCUT2D eigenvalue weighted by Crippen LogP contribution is 2.54. The first kappa shape index (κ1) is 21.1. The molecule has 0 saturated carbocycles. The SMILES string of the molecule is COc1cccc(C(=O)N2CCS[C@@]23C(=O)N(Cc2cccc(C#N)c2)c2ccccc23)c1. The van der Waals surface area contributed by atoms with Gasteiger partial charge < -0.3 is 14.5 Å². The summed E-state index contributed by atoms with van der Waals surface area (Å²) in [5, 5.41) is 9.25. The molecule has 33 heavy (non-hydrogen) atoms. The summed E-state index contributed by atoms with van der Waals surface area (Å²) in [4.78, 5) is 30.0. The Hall–Kier alpha value is -3.76. The van der Waals surface area contributed by atoms with Crippen LogP contribution < -0.4 is 9.64 Å². The molecule has 1 fully saturated rings. The van der Waals surface area contributed by atoms with Crippen LogP contribution in [0.4, 0.5) is 5.69 Å². The molecule has 0 bridgehead atoms. The molecule has 1 spiro atoms. The molecule has 5 rings (SSSR count). The van der Waals surface area contributed by atoms with Crippen LogP contribution in [0, 0.1) is 11.3 Å². The van der Waals surface area contributed by atoms with E-state index < -0.39 is 4.87 Å². The number of fused-ring (bicyclic) bond motifs is 2. The molecule has 2 aliphatic heterocycles.